The fraction of sp³-hybridized carbons (Fsp3) is 0.182. The Hall–Kier alpha value is -3.01. The van der Waals surface area contributed by atoms with Gasteiger partial charge in [-0.25, -0.2) is 9.98 Å². The van der Waals surface area contributed by atoms with Gasteiger partial charge in [0.25, 0.3) is 0 Å². The number of aliphatic imine (C=N–C) groups is 1. The Kier molecular flexibility index (Phi) is 9.20. The van der Waals surface area contributed by atoms with Crippen LogP contribution in [-0.2, 0) is 6.54 Å². The Bertz CT molecular complexity index is 947. The van der Waals surface area contributed by atoms with Crippen LogP contribution in [0.15, 0.2) is 71.9 Å². The van der Waals surface area contributed by atoms with E-state index in [2.05, 4.69) is 15.3 Å². The van der Waals surface area contributed by atoms with E-state index >= 15 is 0 Å². The molecule has 0 saturated heterocycles. The Morgan fingerprint density at radius 2 is 1.77 bits per heavy atom. The average Bonchev–Trinajstić information content (AvgIpc) is 2.75. The van der Waals surface area contributed by atoms with Crippen LogP contribution in [0.5, 0.6) is 23.1 Å². The maximum Gasteiger partial charge on any atom is 0.219 e. The first-order valence-corrected chi connectivity index (χ1v) is 9.23. The summed E-state index contributed by atoms with van der Waals surface area (Å²) < 4.78 is 16.5. The normalized spacial score (nSPS) is 10.7. The summed E-state index contributed by atoms with van der Waals surface area (Å²) in [7, 11) is 1.63. The number of ether oxygens (including phenoxy) is 3. The number of halogens is 1. The van der Waals surface area contributed by atoms with Crippen molar-refractivity contribution in [3.05, 3.63) is 72.4 Å². The van der Waals surface area contributed by atoms with Crippen molar-refractivity contribution in [3.8, 4) is 23.1 Å². The summed E-state index contributed by atoms with van der Waals surface area (Å²) in [6.07, 6.45) is 1.71. The first kappa shape index (κ1) is 23.3. The topological polar surface area (TPSA) is 91.0 Å². The lowest BCUT2D eigenvalue weighted by atomic mass is 10.3. The number of nitrogens with zero attached hydrogens (tertiary/aromatic N) is 2. The summed E-state index contributed by atoms with van der Waals surface area (Å²) in [6, 6.07) is 18.6. The smallest absolute Gasteiger partial charge is 0.219 e. The summed E-state index contributed by atoms with van der Waals surface area (Å²) in [5.41, 5.74) is 7.70. The van der Waals surface area contributed by atoms with Gasteiger partial charge in [-0.15, -0.1) is 24.0 Å². The van der Waals surface area contributed by atoms with Crippen LogP contribution in [0, 0.1) is 0 Å². The number of pyridine rings is 1. The molecule has 0 unspecified atom stereocenters. The van der Waals surface area contributed by atoms with Crippen LogP contribution in [0.25, 0.3) is 0 Å². The molecular formula is C22H25IN4O3. The standard InChI is InChI=1S/C22H24N4O3.HI/c1-3-28-19-6-4-5-7-20(19)29-21-13-8-16(14-24-21)15-25-22(23)26-17-9-11-18(27-2)12-10-17;/h4-14H,3,15H2,1-2H3,(H3,23,25,26);1H. The van der Waals surface area contributed by atoms with Crippen molar-refractivity contribution in [2.45, 2.75) is 13.5 Å². The minimum absolute atomic E-state index is 0. The molecule has 2 aromatic carbocycles. The first-order chi connectivity index (χ1) is 14.2. The van der Waals surface area contributed by atoms with Crippen molar-refractivity contribution < 1.29 is 14.2 Å². The molecule has 158 valence electrons. The van der Waals surface area contributed by atoms with Crippen LogP contribution in [0.1, 0.15) is 12.5 Å². The van der Waals surface area contributed by atoms with E-state index in [1.54, 1.807) is 19.4 Å². The van der Waals surface area contributed by atoms with E-state index in [1.165, 1.54) is 0 Å². The lowest BCUT2D eigenvalue weighted by molar-refractivity contribution is 0.319. The molecule has 0 saturated carbocycles. The largest absolute Gasteiger partial charge is 0.497 e. The number of nitrogens with one attached hydrogen (secondary N) is 1. The highest BCUT2D eigenvalue weighted by Gasteiger charge is 2.06. The number of rotatable bonds is 8. The molecule has 0 fully saturated rings. The molecule has 0 radical (unpaired) electrons. The summed E-state index contributed by atoms with van der Waals surface area (Å²) in [5, 5.41) is 3.04. The lowest BCUT2D eigenvalue weighted by Gasteiger charge is -2.10. The molecule has 8 heteroatoms. The molecule has 3 rings (SSSR count). The van der Waals surface area contributed by atoms with E-state index in [-0.39, 0.29) is 24.0 Å². The molecule has 0 atom stereocenters. The molecule has 0 amide bonds. The van der Waals surface area contributed by atoms with Gasteiger partial charge in [0, 0.05) is 18.0 Å². The Morgan fingerprint density at radius 3 is 2.40 bits per heavy atom. The highest BCUT2D eigenvalue weighted by molar-refractivity contribution is 14.0. The summed E-state index contributed by atoms with van der Waals surface area (Å²) in [6.45, 7) is 2.90. The zero-order valence-corrected chi connectivity index (χ0v) is 19.2. The number of aromatic nitrogens is 1. The predicted molar refractivity (Wildman–Crippen MR) is 129 cm³/mol. The molecule has 0 spiro atoms. The number of guanidine groups is 1. The van der Waals surface area contributed by atoms with Gasteiger partial charge in [0.05, 0.1) is 20.3 Å². The Balaban J connectivity index is 0.00000320. The lowest BCUT2D eigenvalue weighted by Crippen LogP contribution is -2.22. The fourth-order valence-corrected chi connectivity index (χ4v) is 2.52. The number of methoxy groups -OCH3 is 1. The zero-order valence-electron chi connectivity index (χ0n) is 16.9. The molecule has 1 heterocycles. The second-order valence-corrected chi connectivity index (χ2v) is 6.04. The molecule has 3 aromatic rings. The van der Waals surface area contributed by atoms with Gasteiger partial charge < -0.3 is 25.3 Å². The molecule has 0 aliphatic carbocycles. The quantitative estimate of drug-likeness (QED) is 0.251. The van der Waals surface area contributed by atoms with Crippen LogP contribution in [0.2, 0.25) is 0 Å². The number of hydrogen-bond acceptors (Lipinski definition) is 5. The van der Waals surface area contributed by atoms with Crippen molar-refractivity contribution in [1.29, 1.82) is 0 Å². The zero-order chi connectivity index (χ0) is 20.5. The van der Waals surface area contributed by atoms with Crippen LogP contribution < -0.4 is 25.3 Å². The molecule has 0 aliphatic heterocycles. The van der Waals surface area contributed by atoms with Gasteiger partial charge >= 0.3 is 0 Å². The van der Waals surface area contributed by atoms with Crippen molar-refractivity contribution in [2.24, 2.45) is 10.7 Å². The third-order valence-electron chi connectivity index (χ3n) is 3.96. The Morgan fingerprint density at radius 1 is 1.03 bits per heavy atom. The van der Waals surface area contributed by atoms with Crippen LogP contribution in [-0.4, -0.2) is 24.7 Å². The van der Waals surface area contributed by atoms with E-state index in [4.69, 9.17) is 19.9 Å². The highest BCUT2D eigenvalue weighted by atomic mass is 127. The second-order valence-electron chi connectivity index (χ2n) is 6.04. The maximum absolute atomic E-state index is 5.95. The summed E-state index contributed by atoms with van der Waals surface area (Å²) in [5.74, 6) is 2.89. The van der Waals surface area contributed by atoms with Gasteiger partial charge in [-0.1, -0.05) is 18.2 Å². The van der Waals surface area contributed by atoms with Crippen LogP contribution >= 0.6 is 24.0 Å². The third-order valence-corrected chi connectivity index (χ3v) is 3.96. The first-order valence-electron chi connectivity index (χ1n) is 9.23. The summed E-state index contributed by atoms with van der Waals surface area (Å²) in [4.78, 5) is 8.67. The minimum atomic E-state index is 0. The number of hydrogen-bond donors (Lipinski definition) is 2. The second kappa shape index (κ2) is 11.9. The van der Waals surface area contributed by atoms with Gasteiger partial charge in [-0.3, -0.25) is 0 Å². The molecule has 30 heavy (non-hydrogen) atoms. The van der Waals surface area contributed by atoms with Gasteiger partial charge in [0.1, 0.15) is 5.75 Å². The van der Waals surface area contributed by atoms with Crippen LogP contribution in [0.3, 0.4) is 0 Å². The van der Waals surface area contributed by atoms with Crippen molar-refractivity contribution in [2.75, 3.05) is 19.0 Å². The maximum atomic E-state index is 5.95. The molecule has 1 aromatic heterocycles. The number of para-hydroxylation sites is 2. The third kappa shape index (κ3) is 6.80. The number of anilines is 1. The predicted octanol–water partition coefficient (Wildman–Crippen LogP) is 4.83. The molecule has 0 bridgehead atoms. The monoisotopic (exact) mass is 520 g/mol. The van der Waals surface area contributed by atoms with Gasteiger partial charge in [0.2, 0.25) is 5.88 Å². The van der Waals surface area contributed by atoms with E-state index in [0.717, 1.165) is 17.0 Å². The Labute approximate surface area is 193 Å². The van der Waals surface area contributed by atoms with Crippen LogP contribution in [0.4, 0.5) is 5.69 Å². The number of benzene rings is 2. The average molecular weight is 520 g/mol. The van der Waals surface area contributed by atoms with Gasteiger partial charge in [-0.2, -0.15) is 0 Å². The summed E-state index contributed by atoms with van der Waals surface area (Å²) >= 11 is 0. The van der Waals surface area contributed by atoms with Crippen molar-refractivity contribution in [3.63, 3.8) is 0 Å². The fourth-order valence-electron chi connectivity index (χ4n) is 2.52. The van der Waals surface area contributed by atoms with Gasteiger partial charge in [-0.05, 0) is 48.9 Å². The van der Waals surface area contributed by atoms with E-state index < -0.39 is 0 Å². The van der Waals surface area contributed by atoms with Crippen molar-refractivity contribution >= 4 is 35.6 Å². The van der Waals surface area contributed by atoms with Gasteiger partial charge in [0.15, 0.2) is 17.5 Å². The number of nitrogens with two attached hydrogens (primary N) is 1. The van der Waals surface area contributed by atoms with Crippen molar-refractivity contribution in [1.82, 2.24) is 4.98 Å². The van der Waals surface area contributed by atoms with E-state index in [1.807, 2.05) is 61.5 Å². The minimum Gasteiger partial charge on any atom is -0.497 e. The molecule has 3 N–H and O–H groups in total. The molecule has 0 aliphatic rings. The SMILES string of the molecule is CCOc1ccccc1Oc1ccc(CN=C(N)Nc2ccc(OC)cc2)cn1.I. The van der Waals surface area contributed by atoms with E-state index in [0.29, 0.717) is 36.5 Å². The molecule has 7 nitrogen and oxygen atoms in total. The molecular weight excluding hydrogens is 495 g/mol. The van der Waals surface area contributed by atoms with E-state index in [9.17, 15) is 0 Å². The highest BCUT2D eigenvalue weighted by Crippen LogP contribution is 2.30.